The number of carbonyl (C=O) groups excluding carboxylic acids is 2. The molecule has 10 nitrogen and oxygen atoms in total. The lowest BCUT2D eigenvalue weighted by Crippen LogP contribution is -2.47. The van der Waals surface area contributed by atoms with E-state index in [2.05, 4.69) is 0 Å². The fourth-order valence-corrected chi connectivity index (χ4v) is 5.59. The molecule has 2 aromatic carbocycles. The molecule has 2 aromatic rings. The molecule has 240 valence electrons. The molecule has 4 atom stereocenters. The van der Waals surface area contributed by atoms with E-state index in [0.29, 0.717) is 25.9 Å². The van der Waals surface area contributed by atoms with Crippen molar-refractivity contribution in [1.82, 2.24) is 9.80 Å². The average molecular weight is 611 g/mol. The van der Waals surface area contributed by atoms with E-state index in [9.17, 15) is 29.4 Å². The molecule has 2 amide bonds. The van der Waals surface area contributed by atoms with Gasteiger partial charge in [0.25, 0.3) is 0 Å². The maximum atomic E-state index is 12.1. The molecule has 10 heteroatoms. The number of nitrogens with zero attached hydrogens (tertiary/aromatic N) is 2. The Morgan fingerprint density at radius 1 is 0.614 bits per heavy atom. The van der Waals surface area contributed by atoms with Crippen molar-refractivity contribution < 1.29 is 38.9 Å². The molecule has 44 heavy (non-hydrogen) atoms. The van der Waals surface area contributed by atoms with Gasteiger partial charge in [-0.1, -0.05) is 60.7 Å². The lowest BCUT2D eigenvalue weighted by atomic mass is 9.80. The molecule has 0 aromatic heterocycles. The van der Waals surface area contributed by atoms with Gasteiger partial charge >= 0.3 is 24.1 Å². The van der Waals surface area contributed by atoms with Crippen LogP contribution in [0.15, 0.2) is 60.7 Å². The minimum atomic E-state index is -0.873. The van der Waals surface area contributed by atoms with Gasteiger partial charge in [0.1, 0.15) is 11.2 Å². The topological polar surface area (TPSA) is 134 Å². The number of rotatable bonds is 4. The third-order valence-corrected chi connectivity index (χ3v) is 7.62. The second-order valence-electron chi connectivity index (χ2n) is 13.4. The van der Waals surface area contributed by atoms with E-state index < -0.39 is 47.2 Å². The number of hydrogen-bond acceptors (Lipinski definition) is 6. The van der Waals surface area contributed by atoms with Gasteiger partial charge in [0, 0.05) is 38.0 Å². The second kappa shape index (κ2) is 14.6. The van der Waals surface area contributed by atoms with Crippen molar-refractivity contribution in [2.45, 2.75) is 77.4 Å². The standard InChI is InChI=1S/2C17H23NO4/c2*1-17(2,3)22-16(21)18-10-9-13(14(11-18)15(19)20)12-7-5-4-6-8-12/h2*4-8,13-14H,9-11H2,1-3H3,(H,19,20)/t2*13-,14-/m10/s1. The van der Waals surface area contributed by atoms with Crippen LogP contribution in [0.5, 0.6) is 0 Å². The highest BCUT2D eigenvalue weighted by molar-refractivity contribution is 5.75. The van der Waals surface area contributed by atoms with Gasteiger partial charge in [-0.25, -0.2) is 9.59 Å². The Hall–Kier alpha value is -4.08. The van der Waals surface area contributed by atoms with Crippen molar-refractivity contribution in [3.8, 4) is 0 Å². The van der Waals surface area contributed by atoms with E-state index >= 15 is 0 Å². The highest BCUT2D eigenvalue weighted by Gasteiger charge is 2.39. The van der Waals surface area contributed by atoms with Gasteiger partial charge in [-0.2, -0.15) is 0 Å². The van der Waals surface area contributed by atoms with Gasteiger partial charge in [-0.3, -0.25) is 9.59 Å². The van der Waals surface area contributed by atoms with Crippen LogP contribution in [-0.4, -0.2) is 81.5 Å². The number of benzene rings is 2. The molecule has 0 saturated carbocycles. The number of carboxylic acids is 2. The van der Waals surface area contributed by atoms with Crippen molar-refractivity contribution in [3.63, 3.8) is 0 Å². The Morgan fingerprint density at radius 3 is 1.20 bits per heavy atom. The summed E-state index contributed by atoms with van der Waals surface area (Å²) < 4.78 is 10.7. The third-order valence-electron chi connectivity index (χ3n) is 7.62. The Balaban J connectivity index is 0.000000240. The van der Waals surface area contributed by atoms with Gasteiger partial charge in [-0.05, 0) is 65.5 Å². The Labute approximate surface area is 259 Å². The number of piperidine rings is 2. The minimum absolute atomic E-state index is 0.0719. The number of amides is 2. The zero-order valence-electron chi connectivity index (χ0n) is 26.6. The molecule has 4 rings (SSSR count). The van der Waals surface area contributed by atoms with E-state index in [-0.39, 0.29) is 24.9 Å². The van der Waals surface area contributed by atoms with Crippen LogP contribution in [0.3, 0.4) is 0 Å². The first-order valence-corrected chi connectivity index (χ1v) is 15.1. The zero-order chi connectivity index (χ0) is 32.7. The predicted molar refractivity (Wildman–Crippen MR) is 165 cm³/mol. The predicted octanol–water partition coefficient (Wildman–Crippen LogP) is 6.22. The van der Waals surface area contributed by atoms with Crippen LogP contribution < -0.4 is 0 Å². The zero-order valence-corrected chi connectivity index (χ0v) is 26.6. The van der Waals surface area contributed by atoms with Gasteiger partial charge in [0.15, 0.2) is 0 Å². The fourth-order valence-electron chi connectivity index (χ4n) is 5.59. The second-order valence-corrected chi connectivity index (χ2v) is 13.4. The van der Waals surface area contributed by atoms with Crippen LogP contribution in [0.1, 0.15) is 77.3 Å². The molecule has 0 bridgehead atoms. The number of ether oxygens (including phenoxy) is 2. The summed E-state index contributed by atoms with van der Waals surface area (Å²) in [5, 5.41) is 19.0. The van der Waals surface area contributed by atoms with Crippen molar-refractivity contribution in [2.75, 3.05) is 26.2 Å². The number of hydrogen-bond donors (Lipinski definition) is 2. The molecule has 0 spiro atoms. The number of likely N-dealkylation sites (tertiary alicyclic amines) is 2. The van der Waals surface area contributed by atoms with Crippen LogP contribution in [0, 0.1) is 11.8 Å². The van der Waals surface area contributed by atoms with Crippen LogP contribution in [0.4, 0.5) is 9.59 Å². The van der Waals surface area contributed by atoms with E-state index in [4.69, 9.17) is 9.47 Å². The van der Waals surface area contributed by atoms with Gasteiger partial charge < -0.3 is 29.5 Å². The Kier molecular flexibility index (Phi) is 11.4. The number of carboxylic acid groups (broad SMARTS) is 2. The SMILES string of the molecule is CC(C)(C)OC(=O)N1CC[C@@H](c2ccccc2)[C@@H](C(=O)O)C1.CC(C)(C)OC(=O)N1CC[C@H](c2ccccc2)[C@H](C(=O)O)C1. The molecule has 0 unspecified atom stereocenters. The Morgan fingerprint density at radius 2 is 0.932 bits per heavy atom. The van der Waals surface area contributed by atoms with Crippen LogP contribution >= 0.6 is 0 Å². The molecule has 0 radical (unpaired) electrons. The first-order valence-electron chi connectivity index (χ1n) is 15.1. The molecule has 0 aliphatic carbocycles. The van der Waals surface area contributed by atoms with Crippen LogP contribution in [-0.2, 0) is 19.1 Å². The Bertz CT molecular complexity index is 1170. The quantitative estimate of drug-likeness (QED) is 0.417. The molecule has 2 aliphatic rings. The number of carbonyl (C=O) groups is 4. The van der Waals surface area contributed by atoms with E-state index in [0.717, 1.165) is 11.1 Å². The fraction of sp³-hybridized carbons (Fsp3) is 0.529. The summed E-state index contributed by atoms with van der Waals surface area (Å²) >= 11 is 0. The molecule has 2 N–H and O–H groups in total. The van der Waals surface area contributed by atoms with Crippen molar-refractivity contribution in [2.24, 2.45) is 11.8 Å². The minimum Gasteiger partial charge on any atom is -0.481 e. The first-order chi connectivity index (χ1) is 20.6. The average Bonchev–Trinajstić information content (AvgIpc) is 2.96. The molecule has 2 saturated heterocycles. The molecule has 2 aliphatic heterocycles. The third kappa shape index (κ3) is 9.99. The highest BCUT2D eigenvalue weighted by Crippen LogP contribution is 2.35. The maximum absolute atomic E-state index is 12.1. The lowest BCUT2D eigenvalue weighted by molar-refractivity contribution is -0.145. The monoisotopic (exact) mass is 610 g/mol. The maximum Gasteiger partial charge on any atom is 0.410 e. The summed E-state index contributed by atoms with van der Waals surface area (Å²) in [5.74, 6) is -3.11. The normalized spacial score (nSPS) is 22.2. The van der Waals surface area contributed by atoms with Crippen molar-refractivity contribution in [1.29, 1.82) is 0 Å². The first kappa shape index (κ1) is 34.4. The number of aliphatic carboxylic acids is 2. The summed E-state index contributed by atoms with van der Waals surface area (Å²) in [6, 6.07) is 19.3. The molecular formula is C34H46N2O8. The van der Waals surface area contributed by atoms with Gasteiger partial charge in [0.05, 0.1) is 11.8 Å². The summed E-state index contributed by atoms with van der Waals surface area (Å²) in [7, 11) is 0. The van der Waals surface area contributed by atoms with Gasteiger partial charge in [-0.15, -0.1) is 0 Å². The smallest absolute Gasteiger partial charge is 0.410 e. The van der Waals surface area contributed by atoms with E-state index in [1.807, 2.05) is 60.7 Å². The van der Waals surface area contributed by atoms with Crippen LogP contribution in [0.2, 0.25) is 0 Å². The molecular weight excluding hydrogens is 564 g/mol. The summed E-state index contributed by atoms with van der Waals surface area (Å²) in [5.41, 5.74) is 0.871. The molecule has 2 fully saturated rings. The van der Waals surface area contributed by atoms with Crippen LogP contribution in [0.25, 0.3) is 0 Å². The lowest BCUT2D eigenvalue weighted by Gasteiger charge is -2.37. The summed E-state index contributed by atoms with van der Waals surface area (Å²) in [4.78, 5) is 50.5. The van der Waals surface area contributed by atoms with Gasteiger partial charge in [0.2, 0.25) is 0 Å². The summed E-state index contributed by atoms with van der Waals surface area (Å²) in [6.07, 6.45) is 0.371. The largest absolute Gasteiger partial charge is 0.481 e. The van der Waals surface area contributed by atoms with E-state index in [1.54, 1.807) is 41.5 Å². The van der Waals surface area contributed by atoms with Crippen molar-refractivity contribution in [3.05, 3.63) is 71.8 Å². The van der Waals surface area contributed by atoms with Crippen molar-refractivity contribution >= 4 is 24.1 Å². The highest BCUT2D eigenvalue weighted by atomic mass is 16.6. The van der Waals surface area contributed by atoms with E-state index in [1.165, 1.54) is 9.80 Å². The summed E-state index contributed by atoms with van der Waals surface area (Å²) in [6.45, 7) is 12.2. The molecule has 2 heterocycles.